The SMILES string of the molecule is COc1ccc(NS(=O)(=O)c2cc(C)c(Cl)cc2C)cc1OC1CCCC1. The monoisotopic (exact) mass is 409 g/mol. The fourth-order valence-corrected chi connectivity index (χ4v) is 4.85. The highest BCUT2D eigenvalue weighted by Crippen LogP contribution is 2.35. The quantitative estimate of drug-likeness (QED) is 0.721. The van der Waals surface area contributed by atoms with Crippen molar-refractivity contribution in [3.63, 3.8) is 0 Å². The van der Waals surface area contributed by atoms with Crippen LogP contribution in [0.25, 0.3) is 0 Å². The summed E-state index contributed by atoms with van der Waals surface area (Å²) in [5, 5.41) is 0.545. The molecule has 0 heterocycles. The number of aryl methyl sites for hydroxylation is 2. The first-order valence-corrected chi connectivity index (χ1v) is 10.8. The largest absolute Gasteiger partial charge is 0.493 e. The van der Waals surface area contributed by atoms with Gasteiger partial charge in [0.15, 0.2) is 11.5 Å². The molecule has 2 aromatic carbocycles. The van der Waals surface area contributed by atoms with Crippen molar-refractivity contribution in [1.29, 1.82) is 0 Å². The summed E-state index contributed by atoms with van der Waals surface area (Å²) in [4.78, 5) is 0.207. The third-order valence-corrected chi connectivity index (χ3v) is 6.69. The minimum Gasteiger partial charge on any atom is -0.493 e. The lowest BCUT2D eigenvalue weighted by Crippen LogP contribution is -2.15. The Morgan fingerprint density at radius 3 is 2.41 bits per heavy atom. The zero-order valence-electron chi connectivity index (χ0n) is 15.7. The molecular formula is C20H24ClNO4S. The van der Waals surface area contributed by atoms with E-state index in [4.69, 9.17) is 21.1 Å². The van der Waals surface area contributed by atoms with Crippen LogP contribution in [0.4, 0.5) is 5.69 Å². The molecule has 2 aromatic rings. The number of halogens is 1. The zero-order chi connectivity index (χ0) is 19.6. The number of sulfonamides is 1. The molecule has 1 saturated carbocycles. The molecule has 0 unspecified atom stereocenters. The van der Waals surface area contributed by atoms with Crippen LogP contribution >= 0.6 is 11.6 Å². The molecule has 27 heavy (non-hydrogen) atoms. The van der Waals surface area contributed by atoms with E-state index in [2.05, 4.69) is 4.72 Å². The van der Waals surface area contributed by atoms with Crippen molar-refractivity contribution in [1.82, 2.24) is 0 Å². The maximum absolute atomic E-state index is 12.9. The second-order valence-electron chi connectivity index (χ2n) is 6.86. The fourth-order valence-electron chi connectivity index (χ4n) is 3.27. The van der Waals surface area contributed by atoms with Gasteiger partial charge in [-0.25, -0.2) is 8.42 Å². The molecule has 0 bridgehead atoms. The number of hydrogen-bond acceptors (Lipinski definition) is 4. The van der Waals surface area contributed by atoms with Crippen LogP contribution in [-0.2, 0) is 10.0 Å². The number of ether oxygens (including phenoxy) is 2. The van der Waals surface area contributed by atoms with E-state index in [1.54, 1.807) is 51.3 Å². The molecule has 7 heteroatoms. The number of methoxy groups -OCH3 is 1. The minimum absolute atomic E-state index is 0.145. The van der Waals surface area contributed by atoms with Gasteiger partial charge < -0.3 is 9.47 Å². The second kappa shape index (κ2) is 7.98. The maximum atomic E-state index is 12.9. The summed E-state index contributed by atoms with van der Waals surface area (Å²) in [5.74, 6) is 1.14. The molecule has 1 aliphatic carbocycles. The average Bonchev–Trinajstić information content (AvgIpc) is 3.11. The van der Waals surface area contributed by atoms with Crippen molar-refractivity contribution in [2.45, 2.75) is 50.5 Å². The molecule has 0 saturated heterocycles. The topological polar surface area (TPSA) is 64.6 Å². The van der Waals surface area contributed by atoms with Gasteiger partial charge in [-0.2, -0.15) is 0 Å². The highest BCUT2D eigenvalue weighted by Gasteiger charge is 2.21. The van der Waals surface area contributed by atoms with Gasteiger partial charge in [-0.3, -0.25) is 4.72 Å². The third-order valence-electron chi connectivity index (χ3n) is 4.76. The van der Waals surface area contributed by atoms with Gasteiger partial charge in [0.2, 0.25) is 0 Å². The van der Waals surface area contributed by atoms with Crippen molar-refractivity contribution >= 4 is 27.3 Å². The van der Waals surface area contributed by atoms with Gasteiger partial charge in [0.1, 0.15) is 0 Å². The summed E-state index contributed by atoms with van der Waals surface area (Å²) in [7, 11) is -2.18. The number of hydrogen-bond donors (Lipinski definition) is 1. The van der Waals surface area contributed by atoms with Crippen LogP contribution in [0.5, 0.6) is 11.5 Å². The highest BCUT2D eigenvalue weighted by atomic mass is 35.5. The number of benzene rings is 2. The summed E-state index contributed by atoms with van der Waals surface area (Å²) >= 11 is 6.09. The van der Waals surface area contributed by atoms with E-state index in [0.29, 0.717) is 33.3 Å². The molecule has 0 aromatic heterocycles. The third kappa shape index (κ3) is 4.50. The molecule has 0 aliphatic heterocycles. The maximum Gasteiger partial charge on any atom is 0.262 e. The molecule has 0 radical (unpaired) electrons. The first kappa shape index (κ1) is 19.8. The van der Waals surface area contributed by atoms with Gasteiger partial charge in [-0.1, -0.05) is 11.6 Å². The first-order chi connectivity index (χ1) is 12.8. The Morgan fingerprint density at radius 1 is 1.04 bits per heavy atom. The normalized spacial score (nSPS) is 15.0. The van der Waals surface area contributed by atoms with Gasteiger partial charge in [0.25, 0.3) is 10.0 Å². The number of rotatable bonds is 6. The predicted octanol–water partition coefficient (Wildman–Crippen LogP) is 5.09. The van der Waals surface area contributed by atoms with E-state index in [1.165, 1.54) is 0 Å². The van der Waals surface area contributed by atoms with Crippen molar-refractivity contribution in [3.05, 3.63) is 46.5 Å². The van der Waals surface area contributed by atoms with Crippen LogP contribution in [0.1, 0.15) is 36.8 Å². The Hall–Kier alpha value is -1.92. The molecule has 5 nitrogen and oxygen atoms in total. The molecule has 146 valence electrons. The van der Waals surface area contributed by atoms with Gasteiger partial charge in [0, 0.05) is 11.1 Å². The van der Waals surface area contributed by atoms with E-state index in [0.717, 1.165) is 25.7 Å². The van der Waals surface area contributed by atoms with Crippen molar-refractivity contribution < 1.29 is 17.9 Å². The average molecular weight is 410 g/mol. The summed E-state index contributed by atoms with van der Waals surface area (Å²) in [5.41, 5.74) is 1.73. The van der Waals surface area contributed by atoms with Crippen molar-refractivity contribution in [2.24, 2.45) is 0 Å². The summed E-state index contributed by atoms with van der Waals surface area (Å²) in [6.45, 7) is 3.50. The standard InChI is InChI=1S/C20H24ClNO4S/c1-13-11-20(14(2)10-17(13)21)27(23,24)22-15-8-9-18(25-3)19(12-15)26-16-6-4-5-7-16/h8-12,16,22H,4-7H2,1-3H3. The van der Waals surface area contributed by atoms with Crippen molar-refractivity contribution in [3.8, 4) is 11.5 Å². The number of anilines is 1. The molecule has 3 rings (SSSR count). The van der Waals surface area contributed by atoms with E-state index < -0.39 is 10.0 Å². The molecule has 1 fully saturated rings. The van der Waals surface area contributed by atoms with Crippen LogP contribution in [-0.4, -0.2) is 21.6 Å². The second-order valence-corrected chi connectivity index (χ2v) is 8.92. The minimum atomic E-state index is -3.75. The fraction of sp³-hybridized carbons (Fsp3) is 0.400. The van der Waals surface area contributed by atoms with Crippen LogP contribution < -0.4 is 14.2 Å². The van der Waals surface area contributed by atoms with Crippen molar-refractivity contribution in [2.75, 3.05) is 11.8 Å². The smallest absolute Gasteiger partial charge is 0.262 e. The van der Waals surface area contributed by atoms with Gasteiger partial charge >= 0.3 is 0 Å². The summed E-state index contributed by atoms with van der Waals surface area (Å²) < 4.78 is 39.8. The Bertz CT molecular complexity index is 937. The molecule has 0 atom stereocenters. The highest BCUT2D eigenvalue weighted by molar-refractivity contribution is 7.92. The summed E-state index contributed by atoms with van der Waals surface area (Å²) in [6.07, 6.45) is 4.44. The Kier molecular flexibility index (Phi) is 5.86. The molecule has 1 aliphatic rings. The zero-order valence-corrected chi connectivity index (χ0v) is 17.3. The summed E-state index contributed by atoms with van der Waals surface area (Å²) in [6, 6.07) is 8.29. The van der Waals surface area contributed by atoms with Gasteiger partial charge in [0.05, 0.1) is 23.8 Å². The lowest BCUT2D eigenvalue weighted by molar-refractivity contribution is 0.201. The van der Waals surface area contributed by atoms with Crippen LogP contribution in [0, 0.1) is 13.8 Å². The van der Waals surface area contributed by atoms with Crippen LogP contribution in [0.15, 0.2) is 35.2 Å². The Balaban J connectivity index is 1.89. The van der Waals surface area contributed by atoms with E-state index in [1.807, 2.05) is 0 Å². The molecule has 0 spiro atoms. The molecule has 1 N–H and O–H groups in total. The van der Waals surface area contributed by atoms with E-state index in [9.17, 15) is 8.42 Å². The van der Waals surface area contributed by atoms with Gasteiger partial charge in [-0.05, 0) is 74.9 Å². The Labute approximate surface area is 165 Å². The van der Waals surface area contributed by atoms with E-state index in [-0.39, 0.29) is 11.0 Å². The van der Waals surface area contributed by atoms with E-state index >= 15 is 0 Å². The first-order valence-electron chi connectivity index (χ1n) is 8.94. The number of nitrogens with one attached hydrogen (secondary N) is 1. The lowest BCUT2D eigenvalue weighted by atomic mass is 10.2. The van der Waals surface area contributed by atoms with Crippen LogP contribution in [0.3, 0.4) is 0 Å². The Morgan fingerprint density at radius 2 is 1.74 bits per heavy atom. The molecule has 0 amide bonds. The molecular weight excluding hydrogens is 386 g/mol. The van der Waals surface area contributed by atoms with Gasteiger partial charge in [-0.15, -0.1) is 0 Å². The predicted molar refractivity (Wildman–Crippen MR) is 108 cm³/mol. The van der Waals surface area contributed by atoms with Crippen LogP contribution in [0.2, 0.25) is 5.02 Å². The lowest BCUT2D eigenvalue weighted by Gasteiger charge is -2.18.